The molecule has 2 atom stereocenters. The van der Waals surface area contributed by atoms with Crippen LogP contribution in [0, 0.1) is 5.92 Å². The van der Waals surface area contributed by atoms with Gasteiger partial charge in [-0.05, 0) is 77.6 Å². The van der Waals surface area contributed by atoms with Gasteiger partial charge in [-0.15, -0.1) is 0 Å². The van der Waals surface area contributed by atoms with Crippen LogP contribution in [0.25, 0.3) is 0 Å². The van der Waals surface area contributed by atoms with Crippen molar-refractivity contribution in [3.05, 3.63) is 24.3 Å². The lowest BCUT2D eigenvalue weighted by molar-refractivity contribution is -0.143. The van der Waals surface area contributed by atoms with Gasteiger partial charge in [0.2, 0.25) is 11.8 Å². The topological polar surface area (TPSA) is 87.7 Å². The first-order chi connectivity index (χ1) is 25.8. The molecule has 8 heteroatoms. The van der Waals surface area contributed by atoms with Crippen molar-refractivity contribution in [2.75, 3.05) is 45.3 Å². The molecule has 0 aliphatic heterocycles. The van der Waals surface area contributed by atoms with Gasteiger partial charge in [0.05, 0.1) is 13.0 Å². The molecule has 0 saturated heterocycles. The summed E-state index contributed by atoms with van der Waals surface area (Å²) in [6.07, 6.45) is 38.1. The zero-order valence-corrected chi connectivity index (χ0v) is 36.2. The van der Waals surface area contributed by atoms with E-state index in [-0.39, 0.29) is 23.7 Å². The fourth-order valence-electron chi connectivity index (χ4n) is 6.29. The van der Waals surface area contributed by atoms with Gasteiger partial charge in [-0.1, -0.05) is 148 Å². The van der Waals surface area contributed by atoms with E-state index in [9.17, 15) is 14.4 Å². The van der Waals surface area contributed by atoms with E-state index in [1.807, 2.05) is 19.0 Å². The van der Waals surface area contributed by atoms with Gasteiger partial charge < -0.3 is 20.3 Å². The Hall–Kier alpha value is -1.80. The molecule has 0 aliphatic rings. The van der Waals surface area contributed by atoms with Crippen LogP contribution in [-0.4, -0.2) is 74.0 Å². The van der Waals surface area contributed by atoms with Crippen LogP contribution < -0.4 is 10.6 Å². The summed E-state index contributed by atoms with van der Waals surface area (Å²) in [7, 11) is 3.96. The smallest absolute Gasteiger partial charge is 0.306 e. The van der Waals surface area contributed by atoms with Crippen LogP contribution in [0.2, 0.25) is 0 Å². The van der Waals surface area contributed by atoms with Crippen molar-refractivity contribution < 1.29 is 19.1 Å². The molecule has 0 aromatic rings. The van der Waals surface area contributed by atoms with E-state index in [0.29, 0.717) is 37.5 Å². The first-order valence-electron chi connectivity index (χ1n) is 22.1. The Morgan fingerprint density at radius 1 is 0.623 bits per heavy atom. The summed E-state index contributed by atoms with van der Waals surface area (Å²) in [6, 6.07) is -0.560. The molecule has 310 valence electrons. The predicted octanol–water partition coefficient (Wildman–Crippen LogP) is 11.4. The van der Waals surface area contributed by atoms with Crippen molar-refractivity contribution in [3.8, 4) is 0 Å². The van der Waals surface area contributed by atoms with Crippen LogP contribution in [-0.2, 0) is 19.1 Å². The molecule has 0 spiro atoms. The van der Waals surface area contributed by atoms with E-state index in [1.165, 1.54) is 96.3 Å². The predicted molar refractivity (Wildman–Crippen MR) is 231 cm³/mol. The molecule has 2 N–H and O–H groups in total. The van der Waals surface area contributed by atoms with Gasteiger partial charge in [0, 0.05) is 24.8 Å². The molecule has 0 heterocycles. The summed E-state index contributed by atoms with van der Waals surface area (Å²) in [6.45, 7) is 8.48. The number of carbonyl (C=O) groups is 3. The Kier molecular flexibility index (Phi) is 38.5. The van der Waals surface area contributed by atoms with Gasteiger partial charge in [-0.25, -0.2) is 0 Å². The number of nitrogens with zero attached hydrogens (tertiary/aromatic N) is 1. The van der Waals surface area contributed by atoms with Crippen LogP contribution in [0.4, 0.5) is 0 Å². The highest BCUT2D eigenvalue weighted by Gasteiger charge is 2.25. The Labute approximate surface area is 332 Å². The molecule has 53 heavy (non-hydrogen) atoms. The highest BCUT2D eigenvalue weighted by Crippen LogP contribution is 2.20. The number of nitrogens with one attached hydrogen (secondary N) is 2. The summed E-state index contributed by atoms with van der Waals surface area (Å²) in [5.74, 6) is 1.08. The molecule has 0 rings (SSSR count). The van der Waals surface area contributed by atoms with E-state index in [1.54, 1.807) is 11.8 Å². The second-order valence-electron chi connectivity index (χ2n) is 15.2. The Bertz CT molecular complexity index is 910. The van der Waals surface area contributed by atoms with Gasteiger partial charge in [-0.3, -0.25) is 14.4 Å². The summed E-state index contributed by atoms with van der Waals surface area (Å²) >= 11 is 1.65. The lowest BCUT2D eigenvalue weighted by Crippen LogP contribution is -2.49. The number of thioether (sulfide) groups is 1. The molecular formula is C45H85N3O4S. The highest BCUT2D eigenvalue weighted by atomic mass is 32.2. The van der Waals surface area contributed by atoms with Crippen molar-refractivity contribution >= 4 is 29.5 Å². The average Bonchev–Trinajstić information content (AvgIpc) is 3.14. The number of hydrogen-bond acceptors (Lipinski definition) is 6. The number of ether oxygens (including phenoxy) is 1. The lowest BCUT2D eigenvalue weighted by atomic mass is 9.93. The Morgan fingerprint density at radius 2 is 1.15 bits per heavy atom. The Balaban J connectivity index is 4.43. The number of allylic oxidation sites excluding steroid dienone is 4. The van der Waals surface area contributed by atoms with Crippen LogP contribution in [0.1, 0.15) is 188 Å². The van der Waals surface area contributed by atoms with Gasteiger partial charge in [-0.2, -0.15) is 11.8 Å². The molecule has 0 radical (unpaired) electrons. The SMILES string of the molecule is CCCCC/C=C\C/C=C\CCCCCCCCOC(=O)CCSCCC(NC(=O)C(CCCCCC)CCCCCCCC)C(=O)NCCN(C)C. The second kappa shape index (κ2) is 39.9. The zero-order chi connectivity index (χ0) is 39.0. The molecule has 0 aromatic carbocycles. The number of hydrogen-bond donors (Lipinski definition) is 2. The molecular weight excluding hydrogens is 679 g/mol. The third-order valence-corrected chi connectivity index (χ3v) is 10.8. The van der Waals surface area contributed by atoms with E-state index in [4.69, 9.17) is 4.74 Å². The average molecular weight is 764 g/mol. The standard InChI is InChI=1S/C45H85N3O4S/c1-6-9-12-15-17-18-19-20-21-22-23-24-25-26-28-31-38-52-43(49)35-40-53-39-34-42(45(51)46-36-37-48(4)5)47-44(50)41(32-29-14-11-8-3)33-30-27-16-13-10-7-2/h17-18,20-21,41-42H,6-16,19,22-40H2,1-5H3,(H,46,51)(H,47,50)/b18-17-,21-20-. The second-order valence-corrected chi connectivity index (χ2v) is 16.4. The van der Waals surface area contributed by atoms with Gasteiger partial charge >= 0.3 is 5.97 Å². The van der Waals surface area contributed by atoms with Crippen molar-refractivity contribution in [2.45, 2.75) is 194 Å². The van der Waals surface area contributed by atoms with Crippen molar-refractivity contribution in [2.24, 2.45) is 5.92 Å². The van der Waals surface area contributed by atoms with E-state index in [0.717, 1.165) is 64.3 Å². The molecule has 2 amide bonds. The number of unbranched alkanes of at least 4 members (excludes halogenated alkanes) is 17. The number of likely N-dealkylation sites (N-methyl/N-ethyl adjacent to an activating group) is 1. The molecule has 0 aliphatic carbocycles. The fourth-order valence-corrected chi connectivity index (χ4v) is 7.20. The van der Waals surface area contributed by atoms with E-state index in [2.05, 4.69) is 55.7 Å². The monoisotopic (exact) mass is 764 g/mol. The van der Waals surface area contributed by atoms with Crippen molar-refractivity contribution in [1.29, 1.82) is 0 Å². The quantitative estimate of drug-likeness (QED) is 0.0368. The molecule has 7 nitrogen and oxygen atoms in total. The summed E-state index contributed by atoms with van der Waals surface area (Å²) < 4.78 is 5.48. The number of carbonyl (C=O) groups excluding carboxylic acids is 3. The van der Waals surface area contributed by atoms with Crippen LogP contribution >= 0.6 is 11.8 Å². The molecule has 2 unspecified atom stereocenters. The molecule has 0 saturated carbocycles. The minimum Gasteiger partial charge on any atom is -0.466 e. The van der Waals surface area contributed by atoms with E-state index >= 15 is 0 Å². The number of amides is 2. The summed E-state index contributed by atoms with van der Waals surface area (Å²) in [4.78, 5) is 41.1. The zero-order valence-electron chi connectivity index (χ0n) is 35.4. The summed E-state index contributed by atoms with van der Waals surface area (Å²) in [5, 5.41) is 6.19. The highest BCUT2D eigenvalue weighted by molar-refractivity contribution is 7.99. The van der Waals surface area contributed by atoms with Crippen LogP contribution in [0.15, 0.2) is 24.3 Å². The van der Waals surface area contributed by atoms with Crippen LogP contribution in [0.3, 0.4) is 0 Å². The Morgan fingerprint density at radius 3 is 1.77 bits per heavy atom. The maximum atomic E-state index is 13.6. The fraction of sp³-hybridized carbons (Fsp3) is 0.844. The van der Waals surface area contributed by atoms with Crippen molar-refractivity contribution in [1.82, 2.24) is 15.5 Å². The maximum Gasteiger partial charge on any atom is 0.306 e. The molecule has 0 fully saturated rings. The molecule has 0 aromatic heterocycles. The van der Waals surface area contributed by atoms with Gasteiger partial charge in [0.15, 0.2) is 0 Å². The first-order valence-corrected chi connectivity index (χ1v) is 23.3. The summed E-state index contributed by atoms with van der Waals surface area (Å²) in [5.41, 5.74) is 0. The minimum atomic E-state index is -0.560. The van der Waals surface area contributed by atoms with Crippen LogP contribution in [0.5, 0.6) is 0 Å². The lowest BCUT2D eigenvalue weighted by Gasteiger charge is -2.23. The number of esters is 1. The largest absolute Gasteiger partial charge is 0.466 e. The maximum absolute atomic E-state index is 13.6. The van der Waals surface area contributed by atoms with Crippen molar-refractivity contribution in [3.63, 3.8) is 0 Å². The third kappa shape index (κ3) is 35.6. The van der Waals surface area contributed by atoms with Gasteiger partial charge in [0.1, 0.15) is 6.04 Å². The normalized spacial score (nSPS) is 12.9. The minimum absolute atomic E-state index is 0.0282. The van der Waals surface area contributed by atoms with Gasteiger partial charge in [0.25, 0.3) is 0 Å². The first kappa shape index (κ1) is 51.2. The molecule has 0 bridgehead atoms. The van der Waals surface area contributed by atoms with E-state index < -0.39 is 6.04 Å². The third-order valence-electron chi connectivity index (χ3n) is 9.78. The number of rotatable bonds is 39.